The maximum Gasteiger partial charge on any atom is 0.306 e. The van der Waals surface area contributed by atoms with Crippen LogP contribution in [0.1, 0.15) is 91.9 Å². The zero-order chi connectivity index (χ0) is 28.4. The Bertz CT molecular complexity index is 1010. The molecule has 0 aromatic heterocycles. The third kappa shape index (κ3) is 6.38. The van der Waals surface area contributed by atoms with Crippen molar-refractivity contribution in [2.75, 3.05) is 13.2 Å². The van der Waals surface area contributed by atoms with Gasteiger partial charge in [0.05, 0.1) is 12.8 Å². The predicted octanol–water partition coefficient (Wildman–Crippen LogP) is 4.25. The fourth-order valence-corrected chi connectivity index (χ4v) is 7.91. The predicted molar refractivity (Wildman–Crippen MR) is 139 cm³/mol. The lowest BCUT2D eigenvalue weighted by Crippen LogP contribution is -2.51. The van der Waals surface area contributed by atoms with Gasteiger partial charge in [-0.25, -0.2) is 0 Å². The number of esters is 4. The molecule has 0 N–H and O–H groups in total. The van der Waals surface area contributed by atoms with Crippen LogP contribution in [0.25, 0.3) is 0 Å². The summed E-state index contributed by atoms with van der Waals surface area (Å²) >= 11 is 0. The molecule has 0 amide bonds. The van der Waals surface area contributed by atoms with E-state index in [-0.39, 0.29) is 48.8 Å². The maximum atomic E-state index is 12.8. The molecule has 3 saturated carbocycles. The third-order valence-electron chi connectivity index (χ3n) is 9.93. The Labute approximate surface area is 230 Å². The number of carbonyl (C=O) groups is 5. The highest BCUT2D eigenvalue weighted by molar-refractivity contribution is 5.91. The van der Waals surface area contributed by atoms with Gasteiger partial charge in [-0.15, -0.1) is 0 Å². The Balaban J connectivity index is 1.30. The molecule has 4 rings (SSSR count). The van der Waals surface area contributed by atoms with E-state index >= 15 is 0 Å². The molecule has 0 aromatic rings. The molecule has 9 nitrogen and oxygen atoms in total. The topological polar surface area (TPSA) is 122 Å². The minimum Gasteiger partial charge on any atom is -0.462 e. The van der Waals surface area contributed by atoms with Crippen LogP contribution in [0.15, 0.2) is 11.6 Å². The minimum absolute atomic E-state index is 0.0848. The second-order valence-corrected chi connectivity index (χ2v) is 12.3. The molecule has 216 valence electrons. The van der Waals surface area contributed by atoms with Gasteiger partial charge in [0.1, 0.15) is 19.3 Å². The summed E-state index contributed by atoms with van der Waals surface area (Å²) in [6.45, 7) is 6.59. The van der Waals surface area contributed by atoms with Crippen LogP contribution >= 0.6 is 0 Å². The number of fused-ring (bicyclic) bond motifs is 5. The molecule has 9 heteroatoms. The monoisotopic (exact) mass is 546 g/mol. The number of hydrogen-bond acceptors (Lipinski definition) is 9. The van der Waals surface area contributed by atoms with Gasteiger partial charge in [0.25, 0.3) is 0 Å². The molecule has 3 fully saturated rings. The molecular formula is C30H42O9. The highest BCUT2D eigenvalue weighted by Gasteiger charge is 2.60. The van der Waals surface area contributed by atoms with E-state index < -0.39 is 30.0 Å². The number of rotatable bonds is 9. The molecule has 0 unspecified atom stereocenters. The lowest BCUT2D eigenvalue weighted by molar-refractivity contribution is -0.168. The van der Waals surface area contributed by atoms with Crippen LogP contribution in [0.4, 0.5) is 0 Å². The SMILES string of the molecule is CC(=O)OCC(COC(C)=O)OC(=O)CCC(=O)O[C@H]1CC[C@H]2[C@@H]3CCC4=CC(=O)CC[C@]4(C)[C@H]3CC[C@]12C. The molecule has 0 saturated heterocycles. The lowest BCUT2D eigenvalue weighted by atomic mass is 9.47. The zero-order valence-corrected chi connectivity index (χ0v) is 23.6. The first kappa shape index (κ1) is 29.3. The van der Waals surface area contributed by atoms with Gasteiger partial charge in [-0.1, -0.05) is 19.4 Å². The van der Waals surface area contributed by atoms with Crippen molar-refractivity contribution in [2.45, 2.75) is 104 Å². The fraction of sp³-hybridized carbons (Fsp3) is 0.767. The Morgan fingerprint density at radius 1 is 0.872 bits per heavy atom. The molecule has 39 heavy (non-hydrogen) atoms. The summed E-state index contributed by atoms with van der Waals surface area (Å²) < 4.78 is 21.0. The van der Waals surface area contributed by atoms with Gasteiger partial charge >= 0.3 is 23.9 Å². The van der Waals surface area contributed by atoms with Crippen molar-refractivity contribution < 1.29 is 42.9 Å². The summed E-state index contributed by atoms with van der Waals surface area (Å²) in [6, 6.07) is 0. The molecular weight excluding hydrogens is 504 g/mol. The average molecular weight is 547 g/mol. The Morgan fingerprint density at radius 2 is 1.54 bits per heavy atom. The Kier molecular flexibility index (Phi) is 8.86. The molecule has 6 atom stereocenters. The second kappa shape index (κ2) is 11.8. The summed E-state index contributed by atoms with van der Waals surface area (Å²) in [5.41, 5.74) is 1.37. The normalized spacial score (nSPS) is 33.3. The number of ether oxygens (including phenoxy) is 4. The first-order valence-corrected chi connectivity index (χ1v) is 14.3. The van der Waals surface area contributed by atoms with Crippen LogP contribution in [0.5, 0.6) is 0 Å². The molecule has 0 heterocycles. The minimum atomic E-state index is -0.944. The number of carbonyl (C=O) groups excluding carboxylic acids is 5. The van der Waals surface area contributed by atoms with Crippen LogP contribution in [-0.4, -0.2) is 55.1 Å². The first-order valence-electron chi connectivity index (χ1n) is 14.3. The molecule has 0 radical (unpaired) electrons. The van der Waals surface area contributed by atoms with E-state index in [1.807, 2.05) is 6.08 Å². The van der Waals surface area contributed by atoms with Crippen molar-refractivity contribution in [3.63, 3.8) is 0 Å². The highest BCUT2D eigenvalue weighted by Crippen LogP contribution is 2.65. The number of ketones is 1. The molecule has 4 aliphatic carbocycles. The smallest absolute Gasteiger partial charge is 0.306 e. The standard InChI is InChI=1S/C30H42O9/c1-18(31)36-16-22(17-37-19(2)32)38-27(34)9-10-28(35)39-26-8-7-24-23-6-5-20-15-21(33)11-13-29(20,3)25(23)12-14-30(24,26)4/h15,22-26H,5-14,16-17H2,1-4H3/t23-,24-,25-,26-,29-,30-/m0/s1. The van der Waals surface area contributed by atoms with E-state index in [1.54, 1.807) is 0 Å². The summed E-state index contributed by atoms with van der Waals surface area (Å²) in [7, 11) is 0. The van der Waals surface area contributed by atoms with Gasteiger partial charge in [-0.05, 0) is 74.2 Å². The van der Waals surface area contributed by atoms with E-state index in [4.69, 9.17) is 18.9 Å². The molecule has 0 aromatic carbocycles. The van der Waals surface area contributed by atoms with Gasteiger partial charge in [-0.2, -0.15) is 0 Å². The van der Waals surface area contributed by atoms with E-state index in [2.05, 4.69) is 13.8 Å². The highest BCUT2D eigenvalue weighted by atomic mass is 16.6. The van der Waals surface area contributed by atoms with Crippen molar-refractivity contribution in [1.82, 2.24) is 0 Å². The fourth-order valence-electron chi connectivity index (χ4n) is 7.91. The maximum absolute atomic E-state index is 12.8. The summed E-state index contributed by atoms with van der Waals surface area (Å²) in [4.78, 5) is 59.4. The number of allylic oxidation sites excluding steroid dienone is 1. The van der Waals surface area contributed by atoms with E-state index in [0.29, 0.717) is 24.2 Å². The van der Waals surface area contributed by atoms with Gasteiger partial charge in [0.2, 0.25) is 0 Å². The third-order valence-corrected chi connectivity index (χ3v) is 9.93. The molecule has 4 aliphatic rings. The second-order valence-electron chi connectivity index (χ2n) is 12.3. The van der Waals surface area contributed by atoms with Gasteiger partial charge in [0.15, 0.2) is 11.9 Å². The number of hydrogen-bond donors (Lipinski definition) is 0. The van der Waals surface area contributed by atoms with Crippen molar-refractivity contribution in [1.29, 1.82) is 0 Å². The summed E-state index contributed by atoms with van der Waals surface area (Å²) in [5, 5.41) is 0. The van der Waals surface area contributed by atoms with Crippen LogP contribution < -0.4 is 0 Å². The van der Waals surface area contributed by atoms with Crippen LogP contribution in [0.3, 0.4) is 0 Å². The molecule has 0 bridgehead atoms. The Morgan fingerprint density at radius 3 is 2.21 bits per heavy atom. The lowest BCUT2D eigenvalue weighted by Gasteiger charge is -2.57. The average Bonchev–Trinajstić information content (AvgIpc) is 3.20. The summed E-state index contributed by atoms with van der Waals surface area (Å²) in [5.74, 6) is -0.285. The quantitative estimate of drug-likeness (QED) is 0.308. The van der Waals surface area contributed by atoms with Gasteiger partial charge in [-0.3, -0.25) is 24.0 Å². The molecule has 0 spiro atoms. The Hall–Kier alpha value is -2.71. The zero-order valence-electron chi connectivity index (χ0n) is 23.6. The first-order chi connectivity index (χ1) is 18.4. The van der Waals surface area contributed by atoms with E-state index in [9.17, 15) is 24.0 Å². The largest absolute Gasteiger partial charge is 0.462 e. The van der Waals surface area contributed by atoms with Crippen molar-refractivity contribution >= 4 is 29.7 Å². The van der Waals surface area contributed by atoms with Crippen molar-refractivity contribution in [3.8, 4) is 0 Å². The van der Waals surface area contributed by atoms with Crippen molar-refractivity contribution in [2.24, 2.45) is 28.6 Å². The van der Waals surface area contributed by atoms with Gasteiger partial charge in [0, 0.05) is 25.7 Å². The van der Waals surface area contributed by atoms with E-state index in [0.717, 1.165) is 44.9 Å². The molecule has 0 aliphatic heterocycles. The van der Waals surface area contributed by atoms with Crippen molar-refractivity contribution in [3.05, 3.63) is 11.6 Å². The summed E-state index contributed by atoms with van der Waals surface area (Å²) in [6.07, 6.45) is 8.09. The van der Waals surface area contributed by atoms with Crippen LogP contribution in [0, 0.1) is 28.6 Å². The van der Waals surface area contributed by atoms with E-state index in [1.165, 1.54) is 19.4 Å². The van der Waals surface area contributed by atoms with Gasteiger partial charge < -0.3 is 18.9 Å². The van der Waals surface area contributed by atoms with Crippen LogP contribution in [-0.2, 0) is 42.9 Å². The van der Waals surface area contributed by atoms with Crippen LogP contribution in [0.2, 0.25) is 0 Å².